The Hall–Kier alpha value is -0.980. The van der Waals surface area contributed by atoms with Crippen LogP contribution in [-0.2, 0) is 16.0 Å². The molecule has 1 fully saturated rings. The molecule has 17 heavy (non-hydrogen) atoms. The first-order valence-electron chi connectivity index (χ1n) is 5.91. The van der Waals surface area contributed by atoms with Gasteiger partial charge in [0.2, 0.25) is 11.8 Å². The van der Waals surface area contributed by atoms with Crippen LogP contribution in [0.3, 0.4) is 0 Å². The maximum atomic E-state index is 5.58. The fraction of sp³-hybridized carbons (Fsp3) is 0.818. The fourth-order valence-electron chi connectivity index (χ4n) is 1.78. The van der Waals surface area contributed by atoms with Crippen molar-refractivity contribution in [3.63, 3.8) is 0 Å². The van der Waals surface area contributed by atoms with Crippen molar-refractivity contribution in [1.29, 1.82) is 0 Å². The lowest BCUT2D eigenvalue weighted by Crippen LogP contribution is -2.32. The van der Waals surface area contributed by atoms with Crippen LogP contribution in [0.2, 0.25) is 0 Å². The second-order valence-electron chi connectivity index (χ2n) is 4.31. The number of nitrogens with zero attached hydrogens (tertiary/aromatic N) is 3. The van der Waals surface area contributed by atoms with Crippen molar-refractivity contribution < 1.29 is 13.9 Å². The molecule has 1 aromatic rings. The Morgan fingerprint density at radius 3 is 2.88 bits per heavy atom. The molecule has 1 atom stereocenters. The molecule has 1 saturated heterocycles. The summed E-state index contributed by atoms with van der Waals surface area (Å²) in [6.45, 7) is 5.52. The molecule has 6 heteroatoms. The fourth-order valence-corrected chi connectivity index (χ4v) is 1.78. The summed E-state index contributed by atoms with van der Waals surface area (Å²) in [4.78, 5) is 2.14. The topological polar surface area (TPSA) is 60.6 Å². The van der Waals surface area contributed by atoms with Crippen LogP contribution in [-0.4, -0.2) is 54.6 Å². The van der Waals surface area contributed by atoms with E-state index >= 15 is 0 Å². The van der Waals surface area contributed by atoms with Gasteiger partial charge in [-0.25, -0.2) is 0 Å². The summed E-state index contributed by atoms with van der Waals surface area (Å²) in [5.41, 5.74) is 0. The predicted molar refractivity (Wildman–Crippen MR) is 60.5 cm³/mol. The first-order valence-corrected chi connectivity index (χ1v) is 5.91. The average Bonchev–Trinajstić information content (AvgIpc) is 2.73. The largest absolute Gasteiger partial charge is 0.424 e. The zero-order valence-electron chi connectivity index (χ0n) is 10.4. The van der Waals surface area contributed by atoms with Gasteiger partial charge in [-0.2, -0.15) is 0 Å². The number of rotatable bonds is 5. The molecule has 0 saturated carbocycles. The van der Waals surface area contributed by atoms with Gasteiger partial charge in [0.1, 0.15) is 0 Å². The van der Waals surface area contributed by atoms with Crippen LogP contribution >= 0.6 is 0 Å². The molecule has 2 rings (SSSR count). The van der Waals surface area contributed by atoms with Crippen LogP contribution in [0.4, 0.5) is 0 Å². The monoisotopic (exact) mass is 241 g/mol. The van der Waals surface area contributed by atoms with E-state index in [0.29, 0.717) is 38.1 Å². The Labute approximate surface area is 101 Å². The Kier molecular flexibility index (Phi) is 4.47. The maximum Gasteiger partial charge on any atom is 0.230 e. The third-order valence-corrected chi connectivity index (χ3v) is 2.69. The summed E-state index contributed by atoms with van der Waals surface area (Å²) in [5.74, 6) is 1.27. The summed E-state index contributed by atoms with van der Waals surface area (Å²) < 4.78 is 16.3. The van der Waals surface area contributed by atoms with E-state index in [0.717, 1.165) is 13.0 Å². The minimum Gasteiger partial charge on any atom is -0.424 e. The van der Waals surface area contributed by atoms with Crippen LogP contribution in [0.25, 0.3) is 0 Å². The molecule has 0 amide bonds. The lowest BCUT2D eigenvalue weighted by molar-refractivity contribution is -0.0924. The van der Waals surface area contributed by atoms with Crippen molar-refractivity contribution in [2.45, 2.75) is 26.0 Å². The van der Waals surface area contributed by atoms with E-state index in [1.54, 1.807) is 6.92 Å². The molecule has 1 aromatic heterocycles. The summed E-state index contributed by atoms with van der Waals surface area (Å²) in [6.07, 6.45) is 1.18. The van der Waals surface area contributed by atoms with E-state index in [2.05, 4.69) is 15.1 Å². The quantitative estimate of drug-likeness (QED) is 0.753. The smallest absolute Gasteiger partial charge is 0.230 e. The molecule has 96 valence electrons. The van der Waals surface area contributed by atoms with E-state index in [1.165, 1.54) is 0 Å². The van der Waals surface area contributed by atoms with E-state index < -0.39 is 0 Å². The van der Waals surface area contributed by atoms with Crippen LogP contribution in [0.5, 0.6) is 0 Å². The van der Waals surface area contributed by atoms with E-state index in [-0.39, 0.29) is 6.10 Å². The van der Waals surface area contributed by atoms with Gasteiger partial charge in [0, 0.05) is 13.5 Å². The molecule has 1 aliphatic rings. The lowest BCUT2D eigenvalue weighted by Gasteiger charge is -2.24. The van der Waals surface area contributed by atoms with Crippen molar-refractivity contribution in [2.75, 3.05) is 33.4 Å². The summed E-state index contributed by atoms with van der Waals surface area (Å²) in [7, 11) is 2.03. The highest BCUT2D eigenvalue weighted by Gasteiger charge is 2.15. The normalized spacial score (nSPS) is 21.0. The van der Waals surface area contributed by atoms with Crippen LogP contribution < -0.4 is 0 Å². The minimum atomic E-state index is 0.218. The molecule has 2 heterocycles. The highest BCUT2D eigenvalue weighted by molar-refractivity contribution is 4.78. The Morgan fingerprint density at radius 2 is 2.24 bits per heavy atom. The predicted octanol–water partition coefficient (Wildman–Crippen LogP) is 0.615. The highest BCUT2D eigenvalue weighted by Crippen LogP contribution is 2.07. The first kappa shape index (κ1) is 12.5. The molecule has 1 unspecified atom stereocenters. The van der Waals surface area contributed by atoms with Gasteiger partial charge in [-0.3, -0.25) is 4.90 Å². The van der Waals surface area contributed by atoms with Gasteiger partial charge < -0.3 is 13.9 Å². The van der Waals surface area contributed by atoms with E-state index in [1.807, 2.05) is 7.05 Å². The molecule has 0 aromatic carbocycles. The number of aromatic nitrogens is 2. The maximum absolute atomic E-state index is 5.58. The molecule has 0 bridgehead atoms. The second kappa shape index (κ2) is 6.09. The zero-order valence-corrected chi connectivity index (χ0v) is 10.4. The Balaban J connectivity index is 1.68. The van der Waals surface area contributed by atoms with Crippen LogP contribution in [0, 0.1) is 6.92 Å². The standard InChI is InChI=1S/C11H19N3O3/c1-9-12-13-11(17-9)7-14(2)4-3-10-8-15-5-6-16-10/h10H,3-8H2,1-2H3. The van der Waals surface area contributed by atoms with Gasteiger partial charge in [0.05, 0.1) is 32.5 Å². The van der Waals surface area contributed by atoms with Gasteiger partial charge in [-0.05, 0) is 13.5 Å². The van der Waals surface area contributed by atoms with Crippen LogP contribution in [0.15, 0.2) is 4.42 Å². The summed E-state index contributed by atoms with van der Waals surface area (Å²) >= 11 is 0. The molecule has 0 radical (unpaired) electrons. The average molecular weight is 241 g/mol. The summed E-state index contributed by atoms with van der Waals surface area (Å²) in [5, 5.41) is 7.77. The Bertz CT molecular complexity index is 336. The second-order valence-corrected chi connectivity index (χ2v) is 4.31. The van der Waals surface area contributed by atoms with Crippen molar-refractivity contribution in [1.82, 2.24) is 15.1 Å². The van der Waals surface area contributed by atoms with Gasteiger partial charge in [-0.1, -0.05) is 0 Å². The molecular weight excluding hydrogens is 222 g/mol. The molecule has 0 spiro atoms. The molecule has 6 nitrogen and oxygen atoms in total. The van der Waals surface area contributed by atoms with Crippen molar-refractivity contribution in [2.24, 2.45) is 0 Å². The molecular formula is C11H19N3O3. The van der Waals surface area contributed by atoms with Gasteiger partial charge >= 0.3 is 0 Å². The minimum absolute atomic E-state index is 0.218. The van der Waals surface area contributed by atoms with E-state index in [4.69, 9.17) is 13.9 Å². The van der Waals surface area contributed by atoms with Gasteiger partial charge in [0.25, 0.3) is 0 Å². The zero-order chi connectivity index (χ0) is 12.1. The number of hydrogen-bond acceptors (Lipinski definition) is 6. The van der Waals surface area contributed by atoms with E-state index in [9.17, 15) is 0 Å². The SMILES string of the molecule is Cc1nnc(CN(C)CCC2COCCO2)o1. The Morgan fingerprint density at radius 1 is 1.35 bits per heavy atom. The third kappa shape index (κ3) is 4.07. The van der Waals surface area contributed by atoms with Gasteiger partial charge in [0.15, 0.2) is 0 Å². The van der Waals surface area contributed by atoms with Crippen molar-refractivity contribution >= 4 is 0 Å². The lowest BCUT2D eigenvalue weighted by atomic mass is 10.2. The number of aryl methyl sites for hydroxylation is 1. The molecule has 0 aliphatic carbocycles. The first-order chi connectivity index (χ1) is 8.24. The molecule has 0 N–H and O–H groups in total. The van der Waals surface area contributed by atoms with Crippen molar-refractivity contribution in [3.8, 4) is 0 Å². The summed E-state index contributed by atoms with van der Waals surface area (Å²) in [6, 6.07) is 0. The number of hydrogen-bond donors (Lipinski definition) is 0. The highest BCUT2D eigenvalue weighted by atomic mass is 16.6. The third-order valence-electron chi connectivity index (χ3n) is 2.69. The molecule has 1 aliphatic heterocycles. The van der Waals surface area contributed by atoms with Crippen LogP contribution in [0.1, 0.15) is 18.2 Å². The van der Waals surface area contributed by atoms with Crippen molar-refractivity contribution in [3.05, 3.63) is 11.8 Å². The number of ether oxygens (including phenoxy) is 2. The van der Waals surface area contributed by atoms with Gasteiger partial charge in [-0.15, -0.1) is 10.2 Å².